The molecule has 4 saturated heterocycles. The average Bonchev–Trinajstić information content (AvgIpc) is 3.78. The molecule has 6 rings (SSSR count). The van der Waals surface area contributed by atoms with Crippen LogP contribution in [0.1, 0.15) is 12.0 Å². The van der Waals surface area contributed by atoms with Crippen LogP contribution in [0, 0.1) is 0 Å². The molecule has 4 unspecified atom stereocenters. The molecule has 4 aliphatic heterocycles. The molecule has 0 radical (unpaired) electrons. The van der Waals surface area contributed by atoms with Crippen LogP contribution in [-0.4, -0.2) is 100 Å². The van der Waals surface area contributed by atoms with Crippen LogP contribution >= 0.6 is 0 Å². The number of hydrogen-bond acceptors (Lipinski definition) is 13. The smallest absolute Gasteiger partial charge is 0.462 e. The van der Waals surface area contributed by atoms with Crippen LogP contribution in [-0.2, 0) is 44.3 Å². The highest BCUT2D eigenvalue weighted by molar-refractivity contribution is 5.63. The number of carbonyl (C=O) groups excluding carboxylic acids is 3. The Balaban J connectivity index is 1.09. The number of hydrogen-bond donors (Lipinski definition) is 0. The lowest BCUT2D eigenvalue weighted by Gasteiger charge is -2.28. The van der Waals surface area contributed by atoms with E-state index in [0.717, 1.165) is 22.5 Å². The van der Waals surface area contributed by atoms with E-state index in [1.54, 1.807) is 0 Å². The molecule has 1 aromatic carbocycles. The van der Waals surface area contributed by atoms with Crippen LogP contribution in [0.2, 0.25) is 0 Å². The molecular weight excluding hydrogens is 576 g/mol. The second kappa shape index (κ2) is 13.2. The van der Waals surface area contributed by atoms with Gasteiger partial charge in [0.1, 0.15) is 26.4 Å². The highest BCUT2D eigenvalue weighted by Crippen LogP contribution is 2.25. The van der Waals surface area contributed by atoms with Gasteiger partial charge in [0.15, 0.2) is 24.4 Å². The van der Waals surface area contributed by atoms with E-state index in [0.29, 0.717) is 51.6 Å². The lowest BCUT2D eigenvalue weighted by molar-refractivity contribution is 0.0887. The normalized spacial score (nSPS) is 25.7. The van der Waals surface area contributed by atoms with Gasteiger partial charge in [0, 0.05) is 11.4 Å². The molecule has 0 N–H and O–H groups in total. The zero-order valence-corrected chi connectivity index (χ0v) is 24.1. The van der Waals surface area contributed by atoms with E-state index < -0.39 is 30.7 Å². The van der Waals surface area contributed by atoms with Crippen molar-refractivity contribution in [1.29, 1.82) is 0 Å². The van der Waals surface area contributed by atoms with Gasteiger partial charge in [-0.3, -0.25) is 0 Å². The van der Waals surface area contributed by atoms with E-state index in [9.17, 15) is 14.4 Å². The minimum absolute atomic E-state index is 0.167. The molecule has 4 atom stereocenters. The van der Waals surface area contributed by atoms with Gasteiger partial charge in [0.2, 0.25) is 0 Å². The zero-order valence-electron chi connectivity index (χ0n) is 24.1. The van der Waals surface area contributed by atoms with Crippen molar-refractivity contribution < 1.29 is 52.3 Å². The van der Waals surface area contributed by atoms with E-state index in [1.165, 1.54) is 0 Å². The van der Waals surface area contributed by atoms with Gasteiger partial charge in [-0.2, -0.15) is 0 Å². The molecule has 13 nitrogen and oxygen atoms in total. The molecule has 1 aromatic rings. The van der Waals surface area contributed by atoms with Crippen molar-refractivity contribution in [3.8, 4) is 0 Å². The second-order valence-corrected chi connectivity index (χ2v) is 11.0. The molecule has 0 amide bonds. The third kappa shape index (κ3) is 7.57. The SMILES string of the molecule is C=C1OCC(CN(CC2COC(=O)O2)c2ccc(CC3=CCC=C(N(CC4COC(=O)O4)CC4COC(=O)O4)C=C3)cc2)O1. The molecular formula is C31H34N2O11. The summed E-state index contributed by atoms with van der Waals surface area (Å²) in [7, 11) is 0. The topological polar surface area (TPSA) is 132 Å². The quantitative estimate of drug-likeness (QED) is 0.252. The van der Waals surface area contributed by atoms with Crippen molar-refractivity contribution >= 4 is 24.2 Å². The van der Waals surface area contributed by atoms with Gasteiger partial charge in [-0.05, 0) is 48.8 Å². The first-order valence-electron chi connectivity index (χ1n) is 14.5. The molecule has 234 valence electrons. The minimum Gasteiger partial charge on any atom is -0.462 e. The maximum absolute atomic E-state index is 11.5. The number of allylic oxidation sites excluding steroid dienone is 5. The van der Waals surface area contributed by atoms with Gasteiger partial charge in [0.25, 0.3) is 5.95 Å². The predicted molar refractivity (Wildman–Crippen MR) is 152 cm³/mol. The van der Waals surface area contributed by atoms with Crippen molar-refractivity contribution in [2.45, 2.75) is 37.3 Å². The fraction of sp³-hybridized carbons (Fsp3) is 0.452. The lowest BCUT2D eigenvalue weighted by atomic mass is 10.0. The van der Waals surface area contributed by atoms with Crippen LogP contribution in [0.15, 0.2) is 72.4 Å². The molecule has 5 aliphatic rings. The summed E-state index contributed by atoms with van der Waals surface area (Å²) in [5.74, 6) is 0.304. The first-order chi connectivity index (χ1) is 21.4. The number of carbonyl (C=O) groups is 3. The van der Waals surface area contributed by atoms with Gasteiger partial charge < -0.3 is 47.7 Å². The third-order valence-corrected chi connectivity index (χ3v) is 7.62. The largest absolute Gasteiger partial charge is 0.508 e. The number of nitrogens with zero attached hydrogens (tertiary/aromatic N) is 2. The number of cyclic esters (lactones) is 6. The Morgan fingerprint density at radius 3 is 1.66 bits per heavy atom. The van der Waals surface area contributed by atoms with Gasteiger partial charge in [-0.1, -0.05) is 30.4 Å². The number of anilines is 1. The average molecular weight is 611 g/mol. The fourth-order valence-corrected chi connectivity index (χ4v) is 5.53. The predicted octanol–water partition coefficient (Wildman–Crippen LogP) is 3.60. The summed E-state index contributed by atoms with van der Waals surface area (Å²) in [4.78, 5) is 38.5. The maximum atomic E-state index is 11.5. The van der Waals surface area contributed by atoms with Gasteiger partial charge in [-0.25, -0.2) is 14.4 Å². The van der Waals surface area contributed by atoms with Crippen LogP contribution in [0.25, 0.3) is 0 Å². The maximum Gasteiger partial charge on any atom is 0.508 e. The van der Waals surface area contributed by atoms with Gasteiger partial charge >= 0.3 is 18.5 Å². The Labute approximate surface area is 254 Å². The molecule has 0 bridgehead atoms. The summed E-state index contributed by atoms with van der Waals surface area (Å²) in [6, 6.07) is 8.24. The summed E-state index contributed by atoms with van der Waals surface area (Å²) in [5.41, 5.74) is 4.14. The van der Waals surface area contributed by atoms with E-state index >= 15 is 0 Å². The molecule has 44 heavy (non-hydrogen) atoms. The van der Waals surface area contributed by atoms with Crippen LogP contribution in [0.5, 0.6) is 0 Å². The minimum atomic E-state index is -0.683. The standard InChI is InChI=1S/C31H34N2O11/c1-20-37-16-25(41-20)12-33(15-28-19-40-31(36)44-28)24-9-6-22(7-10-24)11-21-3-2-4-23(8-5-21)32(13-26-17-38-29(34)42-26)14-27-18-39-30(35)43-27/h3-10,25-28H,1-2,11-19H2. The van der Waals surface area contributed by atoms with Gasteiger partial charge in [0.05, 0.1) is 26.2 Å². The Morgan fingerprint density at radius 2 is 1.16 bits per heavy atom. The Kier molecular flexibility index (Phi) is 8.80. The lowest BCUT2D eigenvalue weighted by Crippen LogP contribution is -2.39. The number of rotatable bonds is 12. The molecule has 13 heteroatoms. The monoisotopic (exact) mass is 610 g/mol. The van der Waals surface area contributed by atoms with Crippen molar-refractivity contribution in [3.63, 3.8) is 0 Å². The van der Waals surface area contributed by atoms with Crippen LogP contribution in [0.3, 0.4) is 0 Å². The number of ether oxygens (including phenoxy) is 8. The van der Waals surface area contributed by atoms with E-state index in [1.807, 2.05) is 23.1 Å². The molecule has 0 saturated carbocycles. The Hall–Kier alpha value is -4.81. The van der Waals surface area contributed by atoms with Crippen molar-refractivity contribution in [3.05, 3.63) is 77.9 Å². The number of benzene rings is 1. The molecule has 1 aliphatic carbocycles. The first kappa shape index (κ1) is 29.3. The van der Waals surface area contributed by atoms with E-state index in [2.05, 4.69) is 41.8 Å². The molecule has 0 aromatic heterocycles. The van der Waals surface area contributed by atoms with Crippen molar-refractivity contribution in [2.24, 2.45) is 0 Å². The third-order valence-electron chi connectivity index (χ3n) is 7.62. The highest BCUT2D eigenvalue weighted by atomic mass is 16.8. The summed E-state index contributed by atoms with van der Waals surface area (Å²) in [6.07, 6.45) is 6.30. The molecule has 4 heterocycles. The van der Waals surface area contributed by atoms with Crippen LogP contribution < -0.4 is 4.90 Å². The first-order valence-corrected chi connectivity index (χ1v) is 14.5. The van der Waals surface area contributed by atoms with E-state index in [-0.39, 0.29) is 32.0 Å². The zero-order chi connectivity index (χ0) is 30.5. The Bertz CT molecular complexity index is 1300. The van der Waals surface area contributed by atoms with Gasteiger partial charge in [-0.15, -0.1) is 0 Å². The summed E-state index contributed by atoms with van der Waals surface area (Å²) in [6.45, 7) is 6.43. The summed E-state index contributed by atoms with van der Waals surface area (Å²) >= 11 is 0. The van der Waals surface area contributed by atoms with E-state index in [4.69, 9.17) is 37.9 Å². The summed E-state index contributed by atoms with van der Waals surface area (Å²) in [5, 5.41) is 0. The molecule has 0 spiro atoms. The highest BCUT2D eigenvalue weighted by Gasteiger charge is 2.33. The summed E-state index contributed by atoms with van der Waals surface area (Å²) < 4.78 is 41.7. The van der Waals surface area contributed by atoms with Crippen molar-refractivity contribution in [2.75, 3.05) is 57.5 Å². The molecule has 4 fully saturated rings. The van der Waals surface area contributed by atoms with Crippen LogP contribution in [0.4, 0.5) is 20.1 Å². The fourth-order valence-electron chi connectivity index (χ4n) is 5.53. The Morgan fingerprint density at radius 1 is 0.636 bits per heavy atom. The van der Waals surface area contributed by atoms with Crippen molar-refractivity contribution in [1.82, 2.24) is 4.90 Å². The second-order valence-electron chi connectivity index (χ2n) is 11.0.